The number of carbonyl (C=O) groups is 1. The van der Waals surface area contributed by atoms with Crippen molar-refractivity contribution in [1.82, 2.24) is 9.58 Å². The first-order valence-corrected chi connectivity index (χ1v) is 9.29. The number of aromatic nitrogens is 1. The van der Waals surface area contributed by atoms with Crippen molar-refractivity contribution in [1.29, 1.82) is 5.41 Å². The second kappa shape index (κ2) is 7.24. The number of carbonyl (C=O) groups excluding carboxylic acids is 1. The van der Waals surface area contributed by atoms with Crippen LogP contribution in [0.15, 0.2) is 63.8 Å². The third kappa shape index (κ3) is 3.43. The van der Waals surface area contributed by atoms with E-state index in [1.807, 2.05) is 30.3 Å². The van der Waals surface area contributed by atoms with Crippen LogP contribution < -0.4 is 9.54 Å². The van der Waals surface area contributed by atoms with Crippen LogP contribution in [0.2, 0.25) is 0 Å². The Morgan fingerprint density at radius 1 is 1.37 bits per heavy atom. The van der Waals surface area contributed by atoms with Gasteiger partial charge < -0.3 is 13.7 Å². The van der Waals surface area contributed by atoms with Gasteiger partial charge in [-0.2, -0.15) is 5.10 Å². The monoisotopic (exact) mass is 382 g/mol. The summed E-state index contributed by atoms with van der Waals surface area (Å²) in [5, 5.41) is 15.7. The zero-order valence-corrected chi connectivity index (χ0v) is 15.5. The van der Waals surface area contributed by atoms with E-state index in [4.69, 9.17) is 14.6 Å². The quantitative estimate of drug-likeness (QED) is 0.736. The number of nitrogens with one attached hydrogen (secondary N) is 1. The van der Waals surface area contributed by atoms with Crippen molar-refractivity contribution in [3.63, 3.8) is 0 Å². The van der Waals surface area contributed by atoms with Gasteiger partial charge in [-0.1, -0.05) is 0 Å². The number of amides is 1. The molecule has 0 radical (unpaired) electrons. The van der Waals surface area contributed by atoms with E-state index in [2.05, 4.69) is 5.10 Å². The highest BCUT2D eigenvalue weighted by molar-refractivity contribution is 7.06. The molecule has 1 aromatic carbocycles. The van der Waals surface area contributed by atoms with Gasteiger partial charge in [0, 0.05) is 18.0 Å². The van der Waals surface area contributed by atoms with Gasteiger partial charge in [0.25, 0.3) is 5.91 Å². The molecule has 1 N–H and O–H groups in total. The summed E-state index contributed by atoms with van der Waals surface area (Å²) < 4.78 is 12.4. The molecule has 0 spiro atoms. The first-order valence-electron chi connectivity index (χ1n) is 8.41. The highest BCUT2D eigenvalue weighted by Gasteiger charge is 2.34. The van der Waals surface area contributed by atoms with Crippen molar-refractivity contribution in [2.45, 2.75) is 19.0 Å². The number of hydrogen-bond acceptors (Lipinski definition) is 6. The van der Waals surface area contributed by atoms with Crippen LogP contribution in [0.1, 0.15) is 23.8 Å². The summed E-state index contributed by atoms with van der Waals surface area (Å²) in [5.41, 5.74) is 1.75. The standard InChI is InChI=1S/C19H18N4O3S/c1-25-14-6-4-13(5-7-14)15-11-16(17-3-2-9-26-17)23(21-15)18(24)12-22-8-10-27-19(22)20/h2-10,16,20H,11-12H2,1H3. The lowest BCUT2D eigenvalue weighted by Crippen LogP contribution is -2.32. The Morgan fingerprint density at radius 2 is 2.19 bits per heavy atom. The number of nitrogens with zero attached hydrogens (tertiary/aromatic N) is 3. The Hall–Kier alpha value is -3.13. The SMILES string of the molecule is COc1ccc(C2=NN(C(=O)Cn3ccsc3=N)C(c3ccco3)C2)cc1. The zero-order valence-electron chi connectivity index (χ0n) is 14.7. The number of thiazole rings is 1. The molecule has 0 aliphatic carbocycles. The Morgan fingerprint density at radius 3 is 2.81 bits per heavy atom. The Kier molecular flexibility index (Phi) is 4.64. The second-order valence-corrected chi connectivity index (χ2v) is 6.98. The van der Waals surface area contributed by atoms with Gasteiger partial charge in [-0.3, -0.25) is 10.2 Å². The predicted molar refractivity (Wildman–Crippen MR) is 101 cm³/mol. The molecule has 1 unspecified atom stereocenters. The molecule has 4 rings (SSSR count). The van der Waals surface area contributed by atoms with Crippen LogP contribution in [0, 0.1) is 5.41 Å². The van der Waals surface area contributed by atoms with E-state index in [0.717, 1.165) is 17.0 Å². The number of hydrogen-bond donors (Lipinski definition) is 1. The van der Waals surface area contributed by atoms with Crippen LogP contribution in [0.3, 0.4) is 0 Å². The number of hydrazone groups is 1. The largest absolute Gasteiger partial charge is 0.497 e. The summed E-state index contributed by atoms with van der Waals surface area (Å²) in [6.45, 7) is 0.0684. The molecule has 3 aromatic rings. The molecular formula is C19H18N4O3S. The molecule has 1 aliphatic rings. The van der Waals surface area contributed by atoms with Gasteiger partial charge >= 0.3 is 0 Å². The van der Waals surface area contributed by atoms with Crippen molar-refractivity contribution < 1.29 is 13.9 Å². The third-order valence-electron chi connectivity index (χ3n) is 4.45. The van der Waals surface area contributed by atoms with Gasteiger partial charge in [-0.05, 0) is 42.0 Å². The van der Waals surface area contributed by atoms with Crippen molar-refractivity contribution in [3.05, 3.63) is 70.4 Å². The fourth-order valence-electron chi connectivity index (χ4n) is 3.05. The van der Waals surface area contributed by atoms with E-state index in [1.54, 1.807) is 35.6 Å². The lowest BCUT2D eigenvalue weighted by Gasteiger charge is -2.20. The molecule has 27 heavy (non-hydrogen) atoms. The molecule has 1 amide bonds. The third-order valence-corrected chi connectivity index (χ3v) is 5.16. The van der Waals surface area contributed by atoms with Crippen molar-refractivity contribution in [2.75, 3.05) is 7.11 Å². The fourth-order valence-corrected chi connectivity index (χ4v) is 3.64. The molecule has 0 saturated heterocycles. The Balaban J connectivity index is 1.63. The predicted octanol–water partition coefficient (Wildman–Crippen LogP) is 3.01. The van der Waals surface area contributed by atoms with Gasteiger partial charge in [-0.15, -0.1) is 11.3 Å². The van der Waals surface area contributed by atoms with Crippen LogP contribution >= 0.6 is 11.3 Å². The molecule has 1 atom stereocenters. The van der Waals surface area contributed by atoms with Crippen LogP contribution in [-0.4, -0.2) is 28.3 Å². The average molecular weight is 382 g/mol. The van der Waals surface area contributed by atoms with Gasteiger partial charge in [0.05, 0.1) is 19.1 Å². The molecule has 0 fully saturated rings. The lowest BCUT2D eigenvalue weighted by molar-refractivity contribution is -0.134. The number of methoxy groups -OCH3 is 1. The summed E-state index contributed by atoms with van der Waals surface area (Å²) in [7, 11) is 1.62. The van der Waals surface area contributed by atoms with Gasteiger partial charge in [0.15, 0.2) is 4.80 Å². The first-order chi connectivity index (χ1) is 13.2. The van der Waals surface area contributed by atoms with Crippen LogP contribution in [0.25, 0.3) is 0 Å². The van der Waals surface area contributed by atoms with E-state index in [9.17, 15) is 4.79 Å². The maximum Gasteiger partial charge on any atom is 0.263 e. The summed E-state index contributed by atoms with van der Waals surface area (Å²) in [6, 6.07) is 11.0. The molecule has 8 heteroatoms. The van der Waals surface area contributed by atoms with E-state index >= 15 is 0 Å². The average Bonchev–Trinajstić information content (AvgIpc) is 3.43. The van der Waals surface area contributed by atoms with Gasteiger partial charge in [-0.25, -0.2) is 5.01 Å². The number of ether oxygens (including phenoxy) is 1. The summed E-state index contributed by atoms with van der Waals surface area (Å²) in [6.07, 6.45) is 3.89. The van der Waals surface area contributed by atoms with Gasteiger partial charge in [0.2, 0.25) is 0 Å². The molecule has 0 saturated carbocycles. The molecule has 2 aromatic heterocycles. The van der Waals surface area contributed by atoms with Crippen LogP contribution in [0.4, 0.5) is 0 Å². The minimum Gasteiger partial charge on any atom is -0.497 e. The minimum absolute atomic E-state index is 0.0684. The zero-order chi connectivity index (χ0) is 18.8. The van der Waals surface area contributed by atoms with E-state index in [-0.39, 0.29) is 18.5 Å². The summed E-state index contributed by atoms with van der Waals surface area (Å²) >= 11 is 1.28. The van der Waals surface area contributed by atoms with Crippen molar-refractivity contribution >= 4 is 23.0 Å². The van der Waals surface area contributed by atoms with Crippen LogP contribution in [0.5, 0.6) is 5.75 Å². The Labute approximate surface area is 159 Å². The molecule has 1 aliphatic heterocycles. The maximum absolute atomic E-state index is 12.9. The van der Waals surface area contributed by atoms with Crippen molar-refractivity contribution in [3.8, 4) is 5.75 Å². The first kappa shape index (κ1) is 17.3. The maximum atomic E-state index is 12.9. The summed E-state index contributed by atoms with van der Waals surface area (Å²) in [4.78, 5) is 13.2. The highest BCUT2D eigenvalue weighted by Crippen LogP contribution is 2.33. The molecule has 7 nitrogen and oxygen atoms in total. The lowest BCUT2D eigenvalue weighted by atomic mass is 10.0. The molecule has 0 bridgehead atoms. The normalized spacial score (nSPS) is 16.4. The van der Waals surface area contributed by atoms with Crippen molar-refractivity contribution in [2.24, 2.45) is 5.10 Å². The van der Waals surface area contributed by atoms with Gasteiger partial charge in [0.1, 0.15) is 24.1 Å². The number of furan rings is 1. The fraction of sp³-hybridized carbons (Fsp3) is 0.211. The Bertz CT molecular complexity index is 1020. The minimum atomic E-state index is -0.293. The summed E-state index contributed by atoms with van der Waals surface area (Å²) in [5.74, 6) is 1.28. The number of rotatable bonds is 5. The second-order valence-electron chi connectivity index (χ2n) is 6.08. The number of benzene rings is 1. The topological polar surface area (TPSA) is 83.8 Å². The molecule has 3 heterocycles. The van der Waals surface area contributed by atoms with E-state index < -0.39 is 0 Å². The highest BCUT2D eigenvalue weighted by atomic mass is 32.1. The molecule has 138 valence electrons. The van der Waals surface area contributed by atoms with Crippen LogP contribution in [-0.2, 0) is 11.3 Å². The smallest absolute Gasteiger partial charge is 0.263 e. The molecular weight excluding hydrogens is 364 g/mol. The van der Waals surface area contributed by atoms with E-state index in [1.165, 1.54) is 16.3 Å². The van der Waals surface area contributed by atoms with E-state index in [0.29, 0.717) is 17.0 Å².